The quantitative estimate of drug-likeness (QED) is 0.475. The van der Waals surface area contributed by atoms with Crippen LogP contribution in [0.15, 0.2) is 54.9 Å². The molecular weight excluding hydrogens is 353 g/mol. The molecule has 1 N–H and O–H groups in total. The first-order valence-electron chi connectivity index (χ1n) is 8.07. The summed E-state index contributed by atoms with van der Waals surface area (Å²) in [4.78, 5) is 4.52. The zero-order chi connectivity index (χ0) is 17.0. The van der Waals surface area contributed by atoms with Gasteiger partial charge in [0.05, 0.1) is 6.20 Å². The zero-order valence-corrected chi connectivity index (χ0v) is 14.6. The molecule has 0 fully saturated rings. The van der Waals surface area contributed by atoms with Gasteiger partial charge in [0, 0.05) is 27.5 Å². The van der Waals surface area contributed by atoms with E-state index in [1.807, 2.05) is 30.6 Å². The highest BCUT2D eigenvalue weighted by molar-refractivity contribution is 6.35. The monoisotopic (exact) mass is 365 g/mol. The van der Waals surface area contributed by atoms with E-state index in [-0.39, 0.29) is 5.92 Å². The van der Waals surface area contributed by atoms with Crippen LogP contribution in [-0.2, 0) is 6.42 Å². The molecule has 0 radical (unpaired) electrons. The van der Waals surface area contributed by atoms with Gasteiger partial charge in [-0.2, -0.15) is 5.10 Å². The first kappa shape index (κ1) is 14.9. The molecule has 3 nitrogen and oxygen atoms in total. The molecular formula is C20H13Cl2N3. The molecule has 2 heterocycles. The van der Waals surface area contributed by atoms with E-state index in [2.05, 4.69) is 39.4 Å². The van der Waals surface area contributed by atoms with Crippen LogP contribution >= 0.6 is 23.2 Å². The Bertz CT molecular complexity index is 1120. The molecule has 0 saturated heterocycles. The van der Waals surface area contributed by atoms with Crippen molar-refractivity contribution in [3.8, 4) is 11.1 Å². The summed E-state index contributed by atoms with van der Waals surface area (Å²) in [5.41, 5.74) is 6.83. The fraction of sp³-hybridized carbons (Fsp3) is 0.100. The molecule has 5 heteroatoms. The van der Waals surface area contributed by atoms with Crippen LogP contribution in [0.25, 0.3) is 22.2 Å². The Morgan fingerprint density at radius 1 is 1.00 bits per heavy atom. The summed E-state index contributed by atoms with van der Waals surface area (Å²) in [6.07, 6.45) is 4.65. The lowest BCUT2D eigenvalue weighted by atomic mass is 9.75. The lowest BCUT2D eigenvalue weighted by Crippen LogP contribution is -2.13. The summed E-state index contributed by atoms with van der Waals surface area (Å²) in [6, 6.07) is 14.2. The number of nitrogens with one attached hydrogen (secondary N) is 1. The van der Waals surface area contributed by atoms with E-state index in [9.17, 15) is 0 Å². The first-order valence-corrected chi connectivity index (χ1v) is 8.83. The molecule has 25 heavy (non-hydrogen) atoms. The van der Waals surface area contributed by atoms with Gasteiger partial charge in [0.1, 0.15) is 0 Å². The second-order valence-corrected chi connectivity index (χ2v) is 7.14. The number of rotatable bonds is 1. The number of aromatic amines is 1. The molecule has 4 aromatic rings. The summed E-state index contributed by atoms with van der Waals surface area (Å²) in [6.45, 7) is 0. The van der Waals surface area contributed by atoms with E-state index in [4.69, 9.17) is 23.2 Å². The van der Waals surface area contributed by atoms with Crippen molar-refractivity contribution in [1.82, 2.24) is 15.2 Å². The average Bonchev–Trinajstić information content (AvgIpc) is 3.10. The third kappa shape index (κ3) is 2.27. The number of halogens is 2. The molecule has 1 aliphatic carbocycles. The highest BCUT2D eigenvalue weighted by atomic mass is 35.5. The maximum absolute atomic E-state index is 6.52. The van der Waals surface area contributed by atoms with Crippen molar-refractivity contribution < 1.29 is 0 Å². The summed E-state index contributed by atoms with van der Waals surface area (Å²) in [5, 5.41) is 9.54. The molecule has 5 rings (SSSR count). The molecule has 0 saturated carbocycles. The minimum Gasteiger partial charge on any atom is -0.261 e. The van der Waals surface area contributed by atoms with E-state index in [0.717, 1.165) is 23.0 Å². The second-order valence-electron chi connectivity index (χ2n) is 6.30. The van der Waals surface area contributed by atoms with Crippen molar-refractivity contribution in [1.29, 1.82) is 0 Å². The number of hydrogen-bond donors (Lipinski definition) is 1. The number of nitrogens with zero attached hydrogens (tertiary/aromatic N) is 2. The van der Waals surface area contributed by atoms with Crippen LogP contribution < -0.4 is 0 Å². The number of aromatic nitrogens is 3. The third-order valence-corrected chi connectivity index (χ3v) is 5.49. The molecule has 2 aromatic heterocycles. The predicted octanol–water partition coefficient (Wildman–Crippen LogP) is 5.62. The molecule has 1 unspecified atom stereocenters. The largest absolute Gasteiger partial charge is 0.261 e. The summed E-state index contributed by atoms with van der Waals surface area (Å²) in [5.74, 6) is 0.180. The zero-order valence-electron chi connectivity index (χ0n) is 13.1. The van der Waals surface area contributed by atoms with Crippen molar-refractivity contribution in [2.45, 2.75) is 12.3 Å². The van der Waals surface area contributed by atoms with Gasteiger partial charge in [-0.15, -0.1) is 0 Å². The van der Waals surface area contributed by atoms with Gasteiger partial charge in [-0.1, -0.05) is 53.5 Å². The molecule has 0 amide bonds. The first-order chi connectivity index (χ1) is 12.2. The molecule has 1 atom stereocenters. The topological polar surface area (TPSA) is 41.6 Å². The third-order valence-electron chi connectivity index (χ3n) is 4.93. The smallest absolute Gasteiger partial charge is 0.155 e. The van der Waals surface area contributed by atoms with Crippen LogP contribution in [0.5, 0.6) is 0 Å². The minimum absolute atomic E-state index is 0.180. The Balaban J connectivity index is 1.78. The van der Waals surface area contributed by atoms with Gasteiger partial charge >= 0.3 is 0 Å². The van der Waals surface area contributed by atoms with Gasteiger partial charge in [0.2, 0.25) is 0 Å². The Morgan fingerprint density at radius 2 is 1.88 bits per heavy atom. The Hall–Kier alpha value is -2.36. The lowest BCUT2D eigenvalue weighted by molar-refractivity contribution is 0.792. The van der Waals surface area contributed by atoms with E-state index in [1.165, 1.54) is 22.3 Å². The molecule has 1 aliphatic rings. The van der Waals surface area contributed by atoms with Crippen LogP contribution in [0.3, 0.4) is 0 Å². The standard InChI is InChI=1S/C20H13Cl2N3/c21-12-5-6-14(18(22)8-12)16-7-11-9-23-20-17(10-24-25-20)19(11)15-4-2-1-3-13(15)16/h1-6,8-10,16H,7H2,(H,23,24,25). The maximum atomic E-state index is 6.52. The number of fused-ring (bicyclic) bond motifs is 5. The predicted molar refractivity (Wildman–Crippen MR) is 101 cm³/mol. The Labute approximate surface area is 154 Å². The molecule has 0 bridgehead atoms. The SMILES string of the molecule is Clc1ccc(C2Cc3cnc4[nH]ncc4c3-c3ccccc32)c(Cl)c1. The van der Waals surface area contributed by atoms with Gasteiger partial charge in [0.25, 0.3) is 0 Å². The van der Waals surface area contributed by atoms with Crippen molar-refractivity contribution in [2.24, 2.45) is 0 Å². The van der Waals surface area contributed by atoms with Crippen molar-refractivity contribution in [2.75, 3.05) is 0 Å². The molecule has 0 aliphatic heterocycles. The normalized spacial score (nSPS) is 15.8. The van der Waals surface area contributed by atoms with Crippen LogP contribution in [-0.4, -0.2) is 15.2 Å². The van der Waals surface area contributed by atoms with Crippen molar-refractivity contribution in [3.05, 3.63) is 81.6 Å². The van der Waals surface area contributed by atoms with Crippen LogP contribution in [0.1, 0.15) is 22.6 Å². The van der Waals surface area contributed by atoms with Gasteiger partial charge in [0.15, 0.2) is 5.65 Å². The number of hydrogen-bond acceptors (Lipinski definition) is 2. The van der Waals surface area contributed by atoms with Crippen LogP contribution in [0.2, 0.25) is 10.0 Å². The van der Waals surface area contributed by atoms with Gasteiger partial charge in [-0.25, -0.2) is 4.98 Å². The van der Waals surface area contributed by atoms with Crippen molar-refractivity contribution in [3.63, 3.8) is 0 Å². The fourth-order valence-electron chi connectivity index (χ4n) is 3.83. The number of H-pyrrole nitrogens is 1. The number of pyridine rings is 1. The van der Waals surface area contributed by atoms with Crippen LogP contribution in [0, 0.1) is 0 Å². The molecule has 122 valence electrons. The summed E-state index contributed by atoms with van der Waals surface area (Å²) in [7, 11) is 0. The van der Waals surface area contributed by atoms with Gasteiger partial charge < -0.3 is 0 Å². The minimum atomic E-state index is 0.180. The lowest BCUT2D eigenvalue weighted by Gasteiger charge is -2.29. The molecule has 2 aromatic carbocycles. The van der Waals surface area contributed by atoms with E-state index >= 15 is 0 Å². The van der Waals surface area contributed by atoms with E-state index in [1.54, 1.807) is 0 Å². The van der Waals surface area contributed by atoms with Gasteiger partial charge in [-0.3, -0.25) is 5.10 Å². The Kier molecular flexibility index (Phi) is 3.34. The van der Waals surface area contributed by atoms with E-state index in [0.29, 0.717) is 10.0 Å². The van der Waals surface area contributed by atoms with Crippen molar-refractivity contribution >= 4 is 34.2 Å². The van der Waals surface area contributed by atoms with Crippen LogP contribution in [0.4, 0.5) is 0 Å². The highest BCUT2D eigenvalue weighted by Crippen LogP contribution is 2.46. The summed E-state index contributed by atoms with van der Waals surface area (Å²) >= 11 is 12.6. The number of benzene rings is 2. The Morgan fingerprint density at radius 3 is 2.76 bits per heavy atom. The second kappa shape index (κ2) is 5.58. The maximum Gasteiger partial charge on any atom is 0.155 e. The van der Waals surface area contributed by atoms with E-state index < -0.39 is 0 Å². The highest BCUT2D eigenvalue weighted by Gasteiger charge is 2.29. The average molecular weight is 366 g/mol. The molecule has 0 spiro atoms. The van der Waals surface area contributed by atoms with Gasteiger partial charge in [-0.05, 0) is 46.4 Å². The fourth-order valence-corrected chi connectivity index (χ4v) is 4.37. The summed E-state index contributed by atoms with van der Waals surface area (Å²) < 4.78 is 0.